The fraction of sp³-hybridized carbons (Fsp3) is 0.939. The van der Waals surface area contributed by atoms with Crippen LogP contribution in [0, 0.1) is 0 Å². The van der Waals surface area contributed by atoms with E-state index < -0.39 is 12.1 Å². The molecule has 0 fully saturated rings. The maximum absolute atomic E-state index is 12.4. The highest BCUT2D eigenvalue weighted by Crippen LogP contribution is 2.17. The van der Waals surface area contributed by atoms with Gasteiger partial charge in [-0.1, -0.05) is 244 Å². The molecular weight excluding hydrogens is 651 g/mol. The molecule has 0 aromatic heterocycles. The molecular formula is C49H97NO3. The van der Waals surface area contributed by atoms with E-state index in [1.165, 1.54) is 225 Å². The standard InChI is InChI=1S/C49H97NO3/c1-3-5-7-9-11-13-15-17-19-21-22-23-24-25-26-27-29-31-33-35-37-39-41-43-45-49(53)50-47(46-51)48(52)44-42-40-38-36-34-32-30-28-20-18-16-14-12-10-8-6-4-2/h25-26,47-48,51-52H,3-24,27-46H2,1-2H3,(H,50,53)/b26-25-. The van der Waals surface area contributed by atoms with Gasteiger partial charge in [-0.2, -0.15) is 0 Å². The van der Waals surface area contributed by atoms with Crippen molar-refractivity contribution in [1.82, 2.24) is 5.32 Å². The van der Waals surface area contributed by atoms with E-state index in [9.17, 15) is 15.0 Å². The van der Waals surface area contributed by atoms with E-state index in [2.05, 4.69) is 31.3 Å². The molecule has 0 saturated carbocycles. The summed E-state index contributed by atoms with van der Waals surface area (Å²) in [6.07, 6.45) is 57.3. The van der Waals surface area contributed by atoms with Crippen molar-refractivity contribution < 1.29 is 15.0 Å². The molecule has 4 heteroatoms. The highest BCUT2D eigenvalue weighted by atomic mass is 16.3. The molecule has 0 aromatic rings. The van der Waals surface area contributed by atoms with Crippen LogP contribution in [-0.2, 0) is 4.79 Å². The monoisotopic (exact) mass is 748 g/mol. The highest BCUT2D eigenvalue weighted by molar-refractivity contribution is 5.76. The van der Waals surface area contributed by atoms with Gasteiger partial charge < -0.3 is 15.5 Å². The first-order valence-electron chi connectivity index (χ1n) is 24.4. The van der Waals surface area contributed by atoms with Crippen molar-refractivity contribution in [2.45, 2.75) is 289 Å². The van der Waals surface area contributed by atoms with E-state index in [0.717, 1.165) is 25.7 Å². The number of carbonyl (C=O) groups is 1. The van der Waals surface area contributed by atoms with Crippen LogP contribution >= 0.6 is 0 Å². The second kappa shape index (κ2) is 45.5. The number of allylic oxidation sites excluding steroid dienone is 2. The molecule has 1 amide bonds. The molecule has 53 heavy (non-hydrogen) atoms. The fourth-order valence-corrected chi connectivity index (χ4v) is 7.77. The molecule has 0 bridgehead atoms. The van der Waals surface area contributed by atoms with E-state index in [4.69, 9.17) is 0 Å². The molecule has 0 spiro atoms. The molecule has 0 aliphatic rings. The molecule has 0 aliphatic carbocycles. The van der Waals surface area contributed by atoms with Gasteiger partial charge in [-0.3, -0.25) is 4.79 Å². The molecule has 2 atom stereocenters. The summed E-state index contributed by atoms with van der Waals surface area (Å²) in [5.41, 5.74) is 0. The molecule has 3 N–H and O–H groups in total. The van der Waals surface area contributed by atoms with Gasteiger partial charge in [-0.25, -0.2) is 0 Å². The molecule has 0 heterocycles. The van der Waals surface area contributed by atoms with Crippen LogP contribution in [0.2, 0.25) is 0 Å². The van der Waals surface area contributed by atoms with Crippen molar-refractivity contribution in [3.63, 3.8) is 0 Å². The van der Waals surface area contributed by atoms with Crippen LogP contribution in [0.4, 0.5) is 0 Å². The molecule has 4 nitrogen and oxygen atoms in total. The zero-order valence-electron chi connectivity index (χ0n) is 36.3. The zero-order valence-corrected chi connectivity index (χ0v) is 36.3. The molecule has 0 aliphatic heterocycles. The van der Waals surface area contributed by atoms with E-state index in [0.29, 0.717) is 12.8 Å². The molecule has 2 unspecified atom stereocenters. The van der Waals surface area contributed by atoms with Crippen molar-refractivity contribution in [3.8, 4) is 0 Å². The lowest BCUT2D eigenvalue weighted by atomic mass is 10.0. The Balaban J connectivity index is 3.47. The van der Waals surface area contributed by atoms with Crippen molar-refractivity contribution in [3.05, 3.63) is 12.2 Å². The van der Waals surface area contributed by atoms with Gasteiger partial charge in [0.2, 0.25) is 5.91 Å². The van der Waals surface area contributed by atoms with Crippen LogP contribution in [0.25, 0.3) is 0 Å². The van der Waals surface area contributed by atoms with E-state index >= 15 is 0 Å². The van der Waals surface area contributed by atoms with Gasteiger partial charge in [0.15, 0.2) is 0 Å². The summed E-state index contributed by atoms with van der Waals surface area (Å²) in [5, 5.41) is 23.2. The van der Waals surface area contributed by atoms with Gasteiger partial charge in [0.1, 0.15) is 0 Å². The molecule has 316 valence electrons. The summed E-state index contributed by atoms with van der Waals surface area (Å²) in [6.45, 7) is 4.38. The Morgan fingerprint density at radius 1 is 0.434 bits per heavy atom. The van der Waals surface area contributed by atoms with E-state index in [1.807, 2.05) is 0 Å². The Kier molecular flexibility index (Phi) is 44.8. The molecule has 0 radical (unpaired) electrons. The summed E-state index contributed by atoms with van der Waals surface area (Å²) in [4.78, 5) is 12.4. The number of unbranched alkanes of at least 4 members (excludes halogenated alkanes) is 36. The third-order valence-electron chi connectivity index (χ3n) is 11.5. The SMILES string of the molecule is CCCCCCCCCCCCCC/C=C\CCCCCCCCCCC(=O)NC(CO)C(O)CCCCCCCCCCCCCCCCCCC. The number of aliphatic hydroxyl groups is 2. The Morgan fingerprint density at radius 2 is 0.717 bits per heavy atom. The normalized spacial score (nSPS) is 12.9. The number of carbonyl (C=O) groups excluding carboxylic acids is 1. The van der Waals surface area contributed by atoms with E-state index in [-0.39, 0.29) is 12.5 Å². The minimum absolute atomic E-state index is 0.0302. The summed E-state index contributed by atoms with van der Waals surface area (Å²) in [7, 11) is 0. The summed E-state index contributed by atoms with van der Waals surface area (Å²) < 4.78 is 0. The van der Waals surface area contributed by atoms with Crippen LogP contribution < -0.4 is 5.32 Å². The van der Waals surface area contributed by atoms with Crippen molar-refractivity contribution in [2.24, 2.45) is 0 Å². The Hall–Kier alpha value is -0.870. The first kappa shape index (κ1) is 52.1. The summed E-state index contributed by atoms with van der Waals surface area (Å²) >= 11 is 0. The largest absolute Gasteiger partial charge is 0.394 e. The Morgan fingerprint density at radius 3 is 1.04 bits per heavy atom. The molecule has 0 aromatic carbocycles. The summed E-state index contributed by atoms with van der Waals surface area (Å²) in [5.74, 6) is -0.0302. The number of hydrogen-bond donors (Lipinski definition) is 3. The smallest absolute Gasteiger partial charge is 0.220 e. The van der Waals surface area contributed by atoms with E-state index in [1.54, 1.807) is 0 Å². The first-order valence-corrected chi connectivity index (χ1v) is 24.4. The van der Waals surface area contributed by atoms with Crippen LogP contribution in [0.5, 0.6) is 0 Å². The fourth-order valence-electron chi connectivity index (χ4n) is 7.77. The number of hydrogen-bond acceptors (Lipinski definition) is 3. The number of nitrogens with one attached hydrogen (secondary N) is 1. The topological polar surface area (TPSA) is 69.6 Å². The third kappa shape index (κ3) is 42.1. The molecule has 0 saturated heterocycles. The predicted octanol–water partition coefficient (Wildman–Crippen LogP) is 15.4. The van der Waals surface area contributed by atoms with Crippen molar-refractivity contribution >= 4 is 5.91 Å². The lowest BCUT2D eigenvalue weighted by molar-refractivity contribution is -0.123. The Bertz CT molecular complexity index is 725. The van der Waals surface area contributed by atoms with Gasteiger partial charge in [0, 0.05) is 6.42 Å². The average molecular weight is 748 g/mol. The van der Waals surface area contributed by atoms with Crippen LogP contribution in [-0.4, -0.2) is 34.9 Å². The lowest BCUT2D eigenvalue weighted by Crippen LogP contribution is -2.45. The number of rotatable bonds is 45. The lowest BCUT2D eigenvalue weighted by Gasteiger charge is -2.22. The van der Waals surface area contributed by atoms with Gasteiger partial charge in [0.25, 0.3) is 0 Å². The second-order valence-electron chi connectivity index (χ2n) is 16.9. The maximum atomic E-state index is 12.4. The summed E-state index contributed by atoms with van der Waals surface area (Å²) in [6, 6.07) is -0.534. The van der Waals surface area contributed by atoms with Gasteiger partial charge in [-0.15, -0.1) is 0 Å². The highest BCUT2D eigenvalue weighted by Gasteiger charge is 2.20. The minimum Gasteiger partial charge on any atom is -0.394 e. The molecule has 0 rings (SSSR count). The predicted molar refractivity (Wildman–Crippen MR) is 235 cm³/mol. The quantitative estimate of drug-likeness (QED) is 0.0429. The van der Waals surface area contributed by atoms with Crippen molar-refractivity contribution in [2.75, 3.05) is 6.61 Å². The Labute approximate surface area is 333 Å². The number of amides is 1. The maximum Gasteiger partial charge on any atom is 0.220 e. The van der Waals surface area contributed by atoms with Crippen LogP contribution in [0.15, 0.2) is 12.2 Å². The average Bonchev–Trinajstić information content (AvgIpc) is 3.16. The van der Waals surface area contributed by atoms with Gasteiger partial charge in [0.05, 0.1) is 18.8 Å². The van der Waals surface area contributed by atoms with Crippen LogP contribution in [0.1, 0.15) is 277 Å². The van der Waals surface area contributed by atoms with Crippen molar-refractivity contribution in [1.29, 1.82) is 0 Å². The second-order valence-corrected chi connectivity index (χ2v) is 16.9. The van der Waals surface area contributed by atoms with Gasteiger partial charge >= 0.3 is 0 Å². The van der Waals surface area contributed by atoms with Gasteiger partial charge in [-0.05, 0) is 38.5 Å². The van der Waals surface area contributed by atoms with Crippen LogP contribution in [0.3, 0.4) is 0 Å². The first-order chi connectivity index (χ1) is 26.2. The minimum atomic E-state index is -0.657. The third-order valence-corrected chi connectivity index (χ3v) is 11.5. The zero-order chi connectivity index (χ0) is 38.6. The number of aliphatic hydroxyl groups excluding tert-OH is 2.